The molecule has 7 nitrogen and oxygen atoms in total. The number of hydrogen-bond donors (Lipinski definition) is 0. The molecule has 1 saturated heterocycles. The second-order valence-corrected chi connectivity index (χ2v) is 10.7. The Balaban J connectivity index is 1.63. The molecule has 0 saturated carbocycles. The van der Waals surface area contributed by atoms with Crippen molar-refractivity contribution in [3.8, 4) is 0 Å². The van der Waals surface area contributed by atoms with Gasteiger partial charge >= 0.3 is 0 Å². The van der Waals surface area contributed by atoms with Crippen LogP contribution < -0.4 is 0 Å². The van der Waals surface area contributed by atoms with E-state index in [9.17, 15) is 17.2 Å². The molecule has 2 aromatic carbocycles. The minimum Gasteiger partial charge on any atom is -0.382 e. The molecule has 3 aromatic rings. The molecule has 0 aliphatic carbocycles. The molecule has 0 unspecified atom stereocenters. The maximum atomic E-state index is 14.1. The van der Waals surface area contributed by atoms with Crippen LogP contribution in [0.15, 0.2) is 46.5 Å². The Hall–Kier alpha value is -2.05. The highest BCUT2D eigenvalue weighted by Gasteiger charge is 2.27. The van der Waals surface area contributed by atoms with Crippen LogP contribution in [0.2, 0.25) is 0 Å². The summed E-state index contributed by atoms with van der Waals surface area (Å²) in [5.74, 6) is -0.964. The molecule has 4 rings (SSSR count). The molecule has 1 aliphatic heterocycles. The number of imidazole rings is 1. The van der Waals surface area contributed by atoms with E-state index in [0.29, 0.717) is 62.3 Å². The fourth-order valence-corrected chi connectivity index (χ4v) is 6.22. The Morgan fingerprint density at radius 2 is 1.94 bits per heavy atom. The molecule has 0 atom stereocenters. The molecule has 184 valence electrons. The van der Waals surface area contributed by atoms with Gasteiger partial charge in [0.15, 0.2) is 5.16 Å². The summed E-state index contributed by atoms with van der Waals surface area (Å²) in [4.78, 5) is 4.86. The first-order valence-corrected chi connectivity index (χ1v) is 13.6. The van der Waals surface area contributed by atoms with Crippen LogP contribution in [0.5, 0.6) is 0 Å². The van der Waals surface area contributed by atoms with Gasteiger partial charge in [-0.15, -0.1) is 0 Å². The summed E-state index contributed by atoms with van der Waals surface area (Å²) in [7, 11) is -3.65. The normalized spacial score (nSPS) is 15.3. The lowest BCUT2D eigenvalue weighted by atomic mass is 10.2. The molecule has 0 N–H and O–H groups in total. The number of rotatable bonds is 10. The average molecular weight is 512 g/mol. The van der Waals surface area contributed by atoms with Gasteiger partial charge in [0.25, 0.3) is 0 Å². The number of hydrogen-bond acceptors (Lipinski definition) is 6. The van der Waals surface area contributed by atoms with E-state index in [1.807, 2.05) is 11.5 Å². The van der Waals surface area contributed by atoms with Crippen LogP contribution >= 0.6 is 11.8 Å². The third-order valence-corrected chi connectivity index (χ3v) is 8.46. The Morgan fingerprint density at radius 3 is 2.68 bits per heavy atom. The first-order chi connectivity index (χ1) is 16.4. The third kappa shape index (κ3) is 5.60. The van der Waals surface area contributed by atoms with Crippen LogP contribution in [-0.2, 0) is 31.8 Å². The molecular formula is C23H27F2N3O4S2. The number of sulfonamides is 1. The zero-order chi connectivity index (χ0) is 24.1. The fraction of sp³-hybridized carbons (Fsp3) is 0.435. The quantitative estimate of drug-likeness (QED) is 0.302. The summed E-state index contributed by atoms with van der Waals surface area (Å²) < 4.78 is 67.7. The van der Waals surface area contributed by atoms with Crippen molar-refractivity contribution < 1.29 is 26.7 Å². The lowest BCUT2D eigenvalue weighted by Gasteiger charge is -2.26. The van der Waals surface area contributed by atoms with Crippen molar-refractivity contribution in [2.24, 2.45) is 0 Å². The van der Waals surface area contributed by atoms with Gasteiger partial charge < -0.3 is 14.0 Å². The standard InChI is InChI=1S/C23H27F2N3O4S2/c1-2-31-11-3-8-28-22-7-6-19(34(29,30)27-9-12-32-13-10-27)15-21(22)26-23(28)33-16-17-4-5-18(24)14-20(17)25/h4-7,14-15H,2-3,8-13,16H2,1H3. The average Bonchev–Trinajstić information content (AvgIpc) is 3.18. The van der Waals surface area contributed by atoms with Crippen molar-refractivity contribution in [1.29, 1.82) is 0 Å². The molecule has 34 heavy (non-hydrogen) atoms. The van der Waals surface area contributed by atoms with Crippen LogP contribution in [0.25, 0.3) is 11.0 Å². The number of aryl methyl sites for hydroxylation is 1. The molecule has 1 fully saturated rings. The van der Waals surface area contributed by atoms with Crippen LogP contribution in [0.1, 0.15) is 18.9 Å². The van der Waals surface area contributed by atoms with Gasteiger partial charge in [0.05, 0.1) is 29.1 Å². The molecule has 11 heteroatoms. The summed E-state index contributed by atoms with van der Waals surface area (Å²) >= 11 is 1.32. The summed E-state index contributed by atoms with van der Waals surface area (Å²) in [6.07, 6.45) is 0.742. The first-order valence-electron chi connectivity index (χ1n) is 11.1. The topological polar surface area (TPSA) is 73.7 Å². The van der Waals surface area contributed by atoms with Crippen molar-refractivity contribution in [3.63, 3.8) is 0 Å². The van der Waals surface area contributed by atoms with E-state index in [2.05, 4.69) is 4.98 Å². The van der Waals surface area contributed by atoms with Crippen molar-refractivity contribution in [3.05, 3.63) is 53.6 Å². The zero-order valence-electron chi connectivity index (χ0n) is 18.9. The predicted octanol–water partition coefficient (Wildman–Crippen LogP) is 4.05. The smallest absolute Gasteiger partial charge is 0.243 e. The minimum atomic E-state index is -3.65. The molecule has 0 radical (unpaired) electrons. The number of ether oxygens (including phenoxy) is 2. The molecule has 0 amide bonds. The molecule has 1 aromatic heterocycles. The summed E-state index contributed by atoms with van der Waals surface area (Å²) in [5, 5.41) is 0.635. The van der Waals surface area contributed by atoms with E-state index < -0.39 is 21.7 Å². The maximum absolute atomic E-state index is 14.1. The second-order valence-electron chi connectivity index (χ2n) is 7.79. The fourth-order valence-electron chi connectivity index (χ4n) is 3.76. The highest BCUT2D eigenvalue weighted by Crippen LogP contribution is 2.30. The van der Waals surface area contributed by atoms with Gasteiger partial charge in [-0.05, 0) is 43.2 Å². The third-order valence-electron chi connectivity index (χ3n) is 5.54. The van der Waals surface area contributed by atoms with Crippen LogP contribution in [0, 0.1) is 11.6 Å². The summed E-state index contributed by atoms with van der Waals surface area (Å²) in [6, 6.07) is 8.46. The SMILES string of the molecule is CCOCCCn1c(SCc2ccc(F)cc2F)nc2cc(S(=O)(=O)N3CCOCC3)ccc21. The van der Waals surface area contributed by atoms with Gasteiger partial charge in [0.2, 0.25) is 10.0 Å². The van der Waals surface area contributed by atoms with Crippen molar-refractivity contribution >= 4 is 32.8 Å². The van der Waals surface area contributed by atoms with Crippen molar-refractivity contribution in [1.82, 2.24) is 13.9 Å². The molecule has 0 bridgehead atoms. The zero-order valence-corrected chi connectivity index (χ0v) is 20.5. The van der Waals surface area contributed by atoms with E-state index in [-0.39, 0.29) is 10.6 Å². The molecular weight excluding hydrogens is 484 g/mol. The highest BCUT2D eigenvalue weighted by atomic mass is 32.2. The first kappa shape index (κ1) is 25.1. The lowest BCUT2D eigenvalue weighted by Crippen LogP contribution is -2.40. The van der Waals surface area contributed by atoms with E-state index in [1.165, 1.54) is 28.2 Å². The monoisotopic (exact) mass is 511 g/mol. The van der Waals surface area contributed by atoms with Gasteiger partial charge in [0.1, 0.15) is 11.6 Å². The highest BCUT2D eigenvalue weighted by molar-refractivity contribution is 7.98. The van der Waals surface area contributed by atoms with Gasteiger partial charge in [-0.1, -0.05) is 17.8 Å². The summed E-state index contributed by atoms with van der Waals surface area (Å²) in [6.45, 7) is 5.12. The van der Waals surface area contributed by atoms with Gasteiger partial charge in [0, 0.05) is 44.7 Å². The number of nitrogens with zero attached hydrogens (tertiary/aromatic N) is 3. The van der Waals surface area contributed by atoms with Gasteiger partial charge in [-0.3, -0.25) is 0 Å². The minimum absolute atomic E-state index is 0.182. The number of morpholine rings is 1. The molecule has 0 spiro atoms. The van der Waals surface area contributed by atoms with Crippen molar-refractivity contribution in [2.75, 3.05) is 39.5 Å². The summed E-state index contributed by atoms with van der Waals surface area (Å²) in [5.41, 5.74) is 1.71. The van der Waals surface area contributed by atoms with Crippen molar-refractivity contribution in [2.45, 2.75) is 35.7 Å². The van der Waals surface area contributed by atoms with Crippen LogP contribution in [0.3, 0.4) is 0 Å². The van der Waals surface area contributed by atoms with Gasteiger partial charge in [-0.2, -0.15) is 4.31 Å². The molecule has 1 aliphatic rings. The Bertz CT molecular complexity index is 1240. The van der Waals surface area contributed by atoms with E-state index in [4.69, 9.17) is 9.47 Å². The number of aromatic nitrogens is 2. The van der Waals surface area contributed by atoms with Crippen LogP contribution in [-0.4, -0.2) is 61.8 Å². The number of halogens is 2. The maximum Gasteiger partial charge on any atom is 0.243 e. The lowest BCUT2D eigenvalue weighted by molar-refractivity contribution is 0.0730. The number of fused-ring (bicyclic) bond motifs is 1. The van der Waals surface area contributed by atoms with E-state index in [1.54, 1.807) is 18.2 Å². The molecule has 2 heterocycles. The number of thioether (sulfide) groups is 1. The van der Waals surface area contributed by atoms with Crippen LogP contribution in [0.4, 0.5) is 8.78 Å². The Morgan fingerprint density at radius 1 is 1.15 bits per heavy atom. The Kier molecular flexibility index (Phi) is 8.20. The van der Waals surface area contributed by atoms with Gasteiger partial charge in [-0.25, -0.2) is 22.2 Å². The van der Waals surface area contributed by atoms with E-state index in [0.717, 1.165) is 18.0 Å². The predicted molar refractivity (Wildman–Crippen MR) is 126 cm³/mol. The number of benzene rings is 2. The van der Waals surface area contributed by atoms with E-state index >= 15 is 0 Å². The second kappa shape index (κ2) is 11.1. The Labute approximate surface area is 202 Å². The largest absolute Gasteiger partial charge is 0.382 e.